The molecule has 1 atom stereocenters. The summed E-state index contributed by atoms with van der Waals surface area (Å²) in [5, 5.41) is 12.2. The number of carbonyl (C=O) groups is 2. The van der Waals surface area contributed by atoms with Gasteiger partial charge in [0.25, 0.3) is 11.8 Å². The number of rotatable bonds is 3. The minimum absolute atomic E-state index is 0.0562. The molecule has 1 spiro atoms. The van der Waals surface area contributed by atoms with Crippen molar-refractivity contribution in [2.24, 2.45) is 0 Å². The lowest BCUT2D eigenvalue weighted by Gasteiger charge is -2.47. The number of likely N-dealkylation sites (tertiary alicyclic amines) is 1. The molecule has 4 rings (SSSR count). The molecule has 1 aromatic heterocycles. The molecule has 8 heteroatoms. The lowest BCUT2D eigenvalue weighted by atomic mass is 9.89. The van der Waals surface area contributed by atoms with Crippen LogP contribution >= 0.6 is 11.3 Å². The van der Waals surface area contributed by atoms with E-state index in [0.717, 1.165) is 0 Å². The summed E-state index contributed by atoms with van der Waals surface area (Å²) in [5.74, 6) is -0.353. The van der Waals surface area contributed by atoms with Crippen molar-refractivity contribution in [3.63, 3.8) is 0 Å². The van der Waals surface area contributed by atoms with Crippen LogP contribution in [0.25, 0.3) is 0 Å². The minimum Gasteiger partial charge on any atom is -0.378 e. The first-order chi connectivity index (χ1) is 13.6. The van der Waals surface area contributed by atoms with E-state index in [1.165, 1.54) is 11.3 Å². The van der Waals surface area contributed by atoms with Crippen molar-refractivity contribution in [2.45, 2.75) is 24.5 Å². The Hall–Kier alpha value is -2.29. The third-order valence-electron chi connectivity index (χ3n) is 5.52. The van der Waals surface area contributed by atoms with Crippen molar-refractivity contribution < 1.29 is 19.4 Å². The predicted molar refractivity (Wildman–Crippen MR) is 104 cm³/mol. The number of hydrogen-bond donors (Lipinski definition) is 1. The third kappa shape index (κ3) is 3.80. The van der Waals surface area contributed by atoms with Gasteiger partial charge >= 0.3 is 0 Å². The highest BCUT2D eigenvalue weighted by atomic mass is 32.1. The number of benzene rings is 1. The van der Waals surface area contributed by atoms with Crippen LogP contribution in [0.2, 0.25) is 0 Å². The van der Waals surface area contributed by atoms with Crippen molar-refractivity contribution in [1.29, 1.82) is 0 Å². The van der Waals surface area contributed by atoms with E-state index >= 15 is 0 Å². The zero-order valence-corrected chi connectivity index (χ0v) is 16.3. The van der Waals surface area contributed by atoms with E-state index in [0.29, 0.717) is 56.9 Å². The summed E-state index contributed by atoms with van der Waals surface area (Å²) in [6.45, 7) is 2.48. The normalized spacial score (nSPS) is 20.2. The number of aliphatic hydroxyl groups excluding tert-OH is 1. The molecule has 28 heavy (non-hydrogen) atoms. The molecule has 7 nitrogen and oxygen atoms in total. The lowest BCUT2D eigenvalue weighted by molar-refractivity contribution is -0.165. The molecule has 1 N–H and O–H groups in total. The number of aliphatic hydroxyl groups is 1. The van der Waals surface area contributed by atoms with E-state index in [1.54, 1.807) is 32.8 Å². The molecule has 1 aromatic carbocycles. The number of hydrogen-bond acceptors (Lipinski definition) is 6. The van der Waals surface area contributed by atoms with E-state index in [9.17, 15) is 14.7 Å². The SMILES string of the molecule is O=C(c1cscn1)N1CCC2(CC1)CN(C(=O)C(O)c1ccccc1)CCO2. The maximum atomic E-state index is 12.8. The maximum absolute atomic E-state index is 12.8. The molecule has 0 saturated carbocycles. The topological polar surface area (TPSA) is 83.0 Å². The van der Waals surface area contributed by atoms with Crippen LogP contribution in [-0.2, 0) is 9.53 Å². The lowest BCUT2D eigenvalue weighted by Crippen LogP contribution is -2.59. The van der Waals surface area contributed by atoms with Crippen LogP contribution in [0, 0.1) is 0 Å². The Balaban J connectivity index is 1.39. The number of thiazole rings is 1. The number of nitrogens with zero attached hydrogens (tertiary/aromatic N) is 3. The quantitative estimate of drug-likeness (QED) is 0.847. The summed E-state index contributed by atoms with van der Waals surface area (Å²) in [5.41, 5.74) is 2.28. The van der Waals surface area contributed by atoms with Gasteiger partial charge < -0.3 is 19.6 Å². The zero-order valence-electron chi connectivity index (χ0n) is 15.5. The molecule has 0 radical (unpaired) electrons. The van der Waals surface area contributed by atoms with Gasteiger partial charge in [0.05, 0.1) is 17.7 Å². The first-order valence-corrected chi connectivity index (χ1v) is 10.4. The monoisotopic (exact) mass is 401 g/mol. The molecular weight excluding hydrogens is 378 g/mol. The Morgan fingerprint density at radius 2 is 1.89 bits per heavy atom. The molecule has 2 fully saturated rings. The Morgan fingerprint density at radius 3 is 2.57 bits per heavy atom. The van der Waals surface area contributed by atoms with Gasteiger partial charge in [-0.15, -0.1) is 11.3 Å². The Labute approximate surface area is 167 Å². The van der Waals surface area contributed by atoms with Gasteiger partial charge in [-0.3, -0.25) is 9.59 Å². The first kappa shape index (κ1) is 19.0. The van der Waals surface area contributed by atoms with Gasteiger partial charge in [0.1, 0.15) is 5.69 Å². The second kappa shape index (κ2) is 7.98. The summed E-state index contributed by atoms with van der Waals surface area (Å²) in [7, 11) is 0. The van der Waals surface area contributed by atoms with E-state index < -0.39 is 11.7 Å². The molecule has 0 aliphatic carbocycles. The van der Waals surface area contributed by atoms with E-state index in [4.69, 9.17) is 4.74 Å². The number of amides is 2. The molecule has 2 aromatic rings. The van der Waals surface area contributed by atoms with Crippen LogP contribution < -0.4 is 0 Å². The summed E-state index contributed by atoms with van der Waals surface area (Å²) in [6.07, 6.45) is 0.157. The third-order valence-corrected chi connectivity index (χ3v) is 6.11. The van der Waals surface area contributed by atoms with Gasteiger partial charge in [-0.25, -0.2) is 4.98 Å². The summed E-state index contributed by atoms with van der Waals surface area (Å²) in [4.78, 5) is 32.9. The number of carbonyl (C=O) groups excluding carboxylic acids is 2. The maximum Gasteiger partial charge on any atom is 0.273 e. The standard InChI is InChI=1S/C20H23N3O4S/c24-17(15-4-2-1-3-5-15)19(26)23-10-11-27-20(13-23)6-8-22(9-7-20)18(25)16-12-28-14-21-16/h1-5,12,14,17,24H,6-11,13H2. The van der Waals surface area contributed by atoms with E-state index in [-0.39, 0.29) is 11.8 Å². The number of piperidine rings is 1. The number of ether oxygens (including phenoxy) is 1. The van der Waals surface area contributed by atoms with Gasteiger partial charge in [-0.05, 0) is 18.4 Å². The molecule has 3 heterocycles. The fraction of sp³-hybridized carbons (Fsp3) is 0.450. The van der Waals surface area contributed by atoms with E-state index in [1.807, 2.05) is 18.2 Å². The molecule has 2 amide bonds. The van der Waals surface area contributed by atoms with Crippen LogP contribution in [0.5, 0.6) is 0 Å². The summed E-state index contributed by atoms with van der Waals surface area (Å²) in [6, 6.07) is 8.97. The Kier molecular flexibility index (Phi) is 5.43. The second-order valence-electron chi connectivity index (χ2n) is 7.27. The highest BCUT2D eigenvalue weighted by Crippen LogP contribution is 2.32. The minimum atomic E-state index is -1.16. The second-order valence-corrected chi connectivity index (χ2v) is 7.99. The van der Waals surface area contributed by atoms with Gasteiger partial charge in [0, 0.05) is 31.6 Å². The molecule has 2 saturated heterocycles. The van der Waals surface area contributed by atoms with Crippen LogP contribution in [-0.4, -0.2) is 70.1 Å². The molecule has 2 aliphatic rings. The molecule has 2 aliphatic heterocycles. The molecule has 0 bridgehead atoms. The molecule has 1 unspecified atom stereocenters. The van der Waals surface area contributed by atoms with Crippen molar-refractivity contribution in [2.75, 3.05) is 32.8 Å². The number of aromatic nitrogens is 1. The van der Waals surface area contributed by atoms with E-state index in [2.05, 4.69) is 4.98 Å². The highest BCUT2D eigenvalue weighted by Gasteiger charge is 2.43. The van der Waals surface area contributed by atoms with Crippen LogP contribution in [0.1, 0.15) is 35.0 Å². The number of morpholine rings is 1. The predicted octanol–water partition coefficient (Wildman–Crippen LogP) is 1.71. The van der Waals surface area contributed by atoms with Gasteiger partial charge in [-0.1, -0.05) is 30.3 Å². The Morgan fingerprint density at radius 1 is 1.14 bits per heavy atom. The van der Waals surface area contributed by atoms with Gasteiger partial charge in [-0.2, -0.15) is 0 Å². The van der Waals surface area contributed by atoms with Crippen molar-refractivity contribution in [3.05, 3.63) is 52.5 Å². The largest absolute Gasteiger partial charge is 0.378 e. The Bertz CT molecular complexity index is 819. The van der Waals surface area contributed by atoms with Gasteiger partial charge in [0.15, 0.2) is 6.10 Å². The summed E-state index contributed by atoms with van der Waals surface area (Å²) < 4.78 is 6.06. The first-order valence-electron chi connectivity index (χ1n) is 9.41. The smallest absolute Gasteiger partial charge is 0.273 e. The fourth-order valence-corrected chi connectivity index (χ4v) is 4.41. The van der Waals surface area contributed by atoms with Gasteiger partial charge in [0.2, 0.25) is 0 Å². The van der Waals surface area contributed by atoms with Crippen LogP contribution in [0.3, 0.4) is 0 Å². The van der Waals surface area contributed by atoms with Crippen LogP contribution in [0.15, 0.2) is 41.2 Å². The van der Waals surface area contributed by atoms with Crippen molar-refractivity contribution in [3.8, 4) is 0 Å². The fourth-order valence-electron chi connectivity index (χ4n) is 3.88. The molecular formula is C20H23N3O4S. The average Bonchev–Trinajstić information content (AvgIpc) is 3.28. The highest BCUT2D eigenvalue weighted by molar-refractivity contribution is 7.07. The zero-order chi connectivity index (χ0) is 19.6. The van der Waals surface area contributed by atoms with Crippen molar-refractivity contribution in [1.82, 2.24) is 14.8 Å². The van der Waals surface area contributed by atoms with Crippen LogP contribution in [0.4, 0.5) is 0 Å². The summed E-state index contributed by atoms with van der Waals surface area (Å²) >= 11 is 1.41. The molecule has 148 valence electrons. The average molecular weight is 401 g/mol. The van der Waals surface area contributed by atoms with Crippen molar-refractivity contribution >= 4 is 23.2 Å².